The first-order valence-electron chi connectivity index (χ1n) is 11.6. The van der Waals surface area contributed by atoms with Gasteiger partial charge < -0.3 is 14.7 Å². The lowest BCUT2D eigenvalue weighted by molar-refractivity contribution is -0.135. The maximum Gasteiger partial charge on any atom is 0.323 e. The van der Waals surface area contributed by atoms with E-state index in [0.29, 0.717) is 11.6 Å². The summed E-state index contributed by atoms with van der Waals surface area (Å²) in [5, 5.41) is 10.1. The van der Waals surface area contributed by atoms with Crippen LogP contribution in [-0.4, -0.2) is 29.7 Å². The number of pyridine rings is 1. The van der Waals surface area contributed by atoms with E-state index in [9.17, 15) is 9.90 Å². The summed E-state index contributed by atoms with van der Waals surface area (Å²) in [5.41, 5.74) is 3.24. The van der Waals surface area contributed by atoms with Crippen LogP contribution in [0.2, 0.25) is 0 Å². The predicted octanol–water partition coefficient (Wildman–Crippen LogP) is 6.76. The molecule has 5 nitrogen and oxygen atoms in total. The normalized spacial score (nSPS) is 11.0. The molecule has 3 rings (SSSR count). The van der Waals surface area contributed by atoms with Crippen molar-refractivity contribution in [3.05, 3.63) is 59.7 Å². The van der Waals surface area contributed by atoms with Crippen molar-refractivity contribution < 1.29 is 14.6 Å². The monoisotopic (exact) mass is 434 g/mol. The number of hydrogen-bond donors (Lipinski definition) is 1. The number of likely N-dealkylation sites (N-methyl/N-ethyl adjacent to an activating group) is 1. The lowest BCUT2D eigenvalue weighted by Crippen LogP contribution is -2.25. The van der Waals surface area contributed by atoms with E-state index in [1.54, 1.807) is 11.9 Å². The number of nitrogens with zero attached hydrogens (tertiary/aromatic N) is 2. The van der Waals surface area contributed by atoms with E-state index in [1.165, 1.54) is 49.7 Å². The number of carboxylic acids is 1. The van der Waals surface area contributed by atoms with Crippen LogP contribution < -0.4 is 9.64 Å². The molecule has 0 saturated carbocycles. The molecule has 0 bridgehead atoms. The van der Waals surface area contributed by atoms with Crippen LogP contribution in [0, 0.1) is 6.92 Å². The topological polar surface area (TPSA) is 62.7 Å². The highest BCUT2D eigenvalue weighted by Gasteiger charge is 2.14. The number of fused-ring (bicyclic) bond motifs is 1. The molecular formula is C27H34N2O3. The first-order chi connectivity index (χ1) is 15.5. The molecule has 2 aromatic carbocycles. The number of unbranched alkanes of at least 4 members (excludes halogenated alkanes) is 5. The molecule has 3 aromatic rings. The van der Waals surface area contributed by atoms with Crippen LogP contribution >= 0.6 is 0 Å². The van der Waals surface area contributed by atoms with Crippen molar-refractivity contribution in [2.45, 2.75) is 58.8 Å². The van der Waals surface area contributed by atoms with Crippen molar-refractivity contribution in [3.63, 3.8) is 0 Å². The number of aryl methyl sites for hydroxylation is 2. The van der Waals surface area contributed by atoms with Gasteiger partial charge in [0.05, 0.1) is 5.52 Å². The number of ether oxygens (including phenoxy) is 1. The van der Waals surface area contributed by atoms with E-state index in [2.05, 4.69) is 19.1 Å². The standard InChI is InChI=1S/C27H34N2O3/c1-4-5-6-7-8-9-10-21-13-16-24-23(17-21)25(32-22-14-11-20(2)12-15-22)18-26(28-24)29(3)19-27(30)31/h11-18H,4-10,19H2,1-3H3,(H,30,31). The number of carbonyl (C=O) groups is 1. The smallest absolute Gasteiger partial charge is 0.323 e. The van der Waals surface area contributed by atoms with Gasteiger partial charge in [-0.05, 0) is 49.6 Å². The molecule has 1 heterocycles. The SMILES string of the molecule is CCCCCCCCc1ccc2nc(N(C)CC(=O)O)cc(Oc3ccc(C)cc3)c2c1. The van der Waals surface area contributed by atoms with Gasteiger partial charge in [0.15, 0.2) is 0 Å². The highest BCUT2D eigenvalue weighted by atomic mass is 16.5. The van der Waals surface area contributed by atoms with Gasteiger partial charge in [0, 0.05) is 18.5 Å². The Morgan fingerprint density at radius 2 is 1.72 bits per heavy atom. The first kappa shape index (κ1) is 23.6. The number of aromatic nitrogens is 1. The molecule has 1 aromatic heterocycles. The number of benzene rings is 2. The molecule has 0 atom stereocenters. The Balaban J connectivity index is 1.87. The molecule has 0 saturated heterocycles. The van der Waals surface area contributed by atoms with Crippen LogP contribution in [0.25, 0.3) is 10.9 Å². The second-order valence-electron chi connectivity index (χ2n) is 8.51. The van der Waals surface area contributed by atoms with Crippen LogP contribution in [0.1, 0.15) is 56.6 Å². The van der Waals surface area contributed by atoms with Gasteiger partial charge in [-0.2, -0.15) is 0 Å². The van der Waals surface area contributed by atoms with Crippen molar-refractivity contribution in [2.24, 2.45) is 0 Å². The molecule has 0 unspecified atom stereocenters. The molecular weight excluding hydrogens is 400 g/mol. The fraction of sp³-hybridized carbons (Fsp3) is 0.407. The molecule has 0 fully saturated rings. The van der Waals surface area contributed by atoms with Gasteiger partial charge in [-0.1, -0.05) is 62.8 Å². The molecule has 0 spiro atoms. The molecule has 1 N–H and O–H groups in total. The Morgan fingerprint density at radius 3 is 2.44 bits per heavy atom. The zero-order valence-electron chi connectivity index (χ0n) is 19.4. The van der Waals surface area contributed by atoms with E-state index >= 15 is 0 Å². The minimum atomic E-state index is -0.898. The fourth-order valence-electron chi connectivity index (χ4n) is 3.79. The third-order valence-corrected chi connectivity index (χ3v) is 5.65. The van der Waals surface area contributed by atoms with Gasteiger partial charge in [0.25, 0.3) is 0 Å². The van der Waals surface area contributed by atoms with Gasteiger partial charge in [0.2, 0.25) is 0 Å². The van der Waals surface area contributed by atoms with Crippen LogP contribution in [0.15, 0.2) is 48.5 Å². The van der Waals surface area contributed by atoms with E-state index in [0.717, 1.165) is 23.1 Å². The predicted molar refractivity (Wildman–Crippen MR) is 131 cm³/mol. The molecule has 0 aliphatic carbocycles. The quantitative estimate of drug-likeness (QED) is 0.319. The largest absolute Gasteiger partial charge is 0.480 e. The summed E-state index contributed by atoms with van der Waals surface area (Å²) in [6, 6.07) is 16.1. The van der Waals surface area contributed by atoms with Crippen molar-refractivity contribution in [1.29, 1.82) is 0 Å². The lowest BCUT2D eigenvalue weighted by atomic mass is 10.0. The number of carboxylic acid groups (broad SMARTS) is 1. The fourth-order valence-corrected chi connectivity index (χ4v) is 3.79. The molecule has 0 aliphatic heterocycles. The number of hydrogen-bond acceptors (Lipinski definition) is 4. The zero-order chi connectivity index (χ0) is 22.9. The molecule has 0 amide bonds. The molecule has 5 heteroatoms. The Kier molecular flexibility index (Phi) is 8.48. The second-order valence-corrected chi connectivity index (χ2v) is 8.51. The highest BCUT2D eigenvalue weighted by Crippen LogP contribution is 2.33. The van der Waals surface area contributed by atoms with Gasteiger partial charge in [-0.3, -0.25) is 4.79 Å². The van der Waals surface area contributed by atoms with Crippen LogP contribution in [0.5, 0.6) is 11.5 Å². The Labute approximate surface area is 191 Å². The van der Waals surface area contributed by atoms with Crippen molar-refractivity contribution in [3.8, 4) is 11.5 Å². The summed E-state index contributed by atoms with van der Waals surface area (Å²) in [7, 11) is 1.73. The average molecular weight is 435 g/mol. The van der Waals surface area contributed by atoms with E-state index in [1.807, 2.05) is 43.3 Å². The van der Waals surface area contributed by atoms with Crippen LogP contribution in [-0.2, 0) is 11.2 Å². The highest BCUT2D eigenvalue weighted by molar-refractivity contribution is 5.88. The zero-order valence-corrected chi connectivity index (χ0v) is 19.4. The van der Waals surface area contributed by atoms with Gasteiger partial charge >= 0.3 is 5.97 Å². The van der Waals surface area contributed by atoms with Gasteiger partial charge in [-0.15, -0.1) is 0 Å². The van der Waals surface area contributed by atoms with Crippen LogP contribution in [0.3, 0.4) is 0 Å². The number of aliphatic carboxylic acids is 1. The van der Waals surface area contributed by atoms with Crippen LogP contribution in [0.4, 0.5) is 5.82 Å². The maximum atomic E-state index is 11.2. The Bertz CT molecular complexity index is 1030. The molecule has 0 radical (unpaired) electrons. The van der Waals surface area contributed by atoms with E-state index in [4.69, 9.17) is 9.72 Å². The van der Waals surface area contributed by atoms with Crippen molar-refractivity contribution >= 4 is 22.7 Å². The lowest BCUT2D eigenvalue weighted by Gasteiger charge is -2.18. The number of rotatable bonds is 12. The third-order valence-electron chi connectivity index (χ3n) is 5.65. The summed E-state index contributed by atoms with van der Waals surface area (Å²) in [6.07, 6.45) is 8.67. The van der Waals surface area contributed by atoms with E-state index < -0.39 is 5.97 Å². The summed E-state index contributed by atoms with van der Waals surface area (Å²) < 4.78 is 6.25. The van der Waals surface area contributed by atoms with E-state index in [-0.39, 0.29) is 6.54 Å². The first-order valence-corrected chi connectivity index (χ1v) is 11.6. The molecule has 32 heavy (non-hydrogen) atoms. The summed E-state index contributed by atoms with van der Waals surface area (Å²) in [4.78, 5) is 17.5. The van der Waals surface area contributed by atoms with Gasteiger partial charge in [-0.25, -0.2) is 4.98 Å². The minimum absolute atomic E-state index is 0.126. The van der Waals surface area contributed by atoms with Gasteiger partial charge in [0.1, 0.15) is 23.9 Å². The summed E-state index contributed by atoms with van der Waals surface area (Å²) >= 11 is 0. The third kappa shape index (κ3) is 6.71. The minimum Gasteiger partial charge on any atom is -0.480 e. The van der Waals surface area contributed by atoms with Crippen molar-refractivity contribution in [2.75, 3.05) is 18.5 Å². The molecule has 0 aliphatic rings. The average Bonchev–Trinajstić information content (AvgIpc) is 2.77. The maximum absolute atomic E-state index is 11.2. The molecule has 170 valence electrons. The Hall–Kier alpha value is -3.08. The second kappa shape index (κ2) is 11.5. The summed E-state index contributed by atoms with van der Waals surface area (Å²) in [5.74, 6) is 1.11. The summed E-state index contributed by atoms with van der Waals surface area (Å²) in [6.45, 7) is 4.15. The van der Waals surface area contributed by atoms with Crippen molar-refractivity contribution in [1.82, 2.24) is 4.98 Å². The Morgan fingerprint density at radius 1 is 1.00 bits per heavy atom. The number of anilines is 1.